The predicted octanol–water partition coefficient (Wildman–Crippen LogP) is 1.16. The lowest BCUT2D eigenvalue weighted by Crippen LogP contribution is -2.80. The summed E-state index contributed by atoms with van der Waals surface area (Å²) in [5.74, 6) is -0.365. The van der Waals surface area contributed by atoms with Crippen molar-refractivity contribution in [2.24, 2.45) is 29.6 Å². The first kappa shape index (κ1) is 31.7. The van der Waals surface area contributed by atoms with E-state index in [9.17, 15) is 9.59 Å². The fourth-order valence-corrected chi connectivity index (χ4v) is 10.4. The van der Waals surface area contributed by atoms with Crippen molar-refractivity contribution in [3.8, 4) is 0 Å². The van der Waals surface area contributed by atoms with E-state index in [1.807, 2.05) is 4.90 Å². The highest BCUT2D eigenvalue weighted by molar-refractivity contribution is 5.87. The molecule has 7 rings (SSSR count). The number of carbonyl (C=O) groups excluding carboxylic acids is 2. The molecule has 6 aliphatic heterocycles. The Bertz CT molecular complexity index is 1130. The Morgan fingerprint density at radius 3 is 2.64 bits per heavy atom. The van der Waals surface area contributed by atoms with Gasteiger partial charge < -0.3 is 20.4 Å². The number of urea groups is 1. The van der Waals surface area contributed by atoms with Crippen LogP contribution in [0.4, 0.5) is 13.6 Å². The molecule has 13 heteroatoms. The molecule has 3 amide bonds. The molecule has 0 aromatic rings. The van der Waals surface area contributed by atoms with Crippen LogP contribution in [0.3, 0.4) is 0 Å². The molecule has 2 bridgehead atoms. The number of halogens is 2. The number of alkyl halides is 2. The van der Waals surface area contributed by atoms with Gasteiger partial charge in [-0.25, -0.2) is 24.0 Å². The summed E-state index contributed by atoms with van der Waals surface area (Å²) in [6, 6.07) is -0.800. The molecule has 12 unspecified atom stereocenters. The Hall–Kier alpha value is -1.90. The quantitative estimate of drug-likeness (QED) is 0.295. The second kappa shape index (κ2) is 12.6. The van der Waals surface area contributed by atoms with Gasteiger partial charge in [0.1, 0.15) is 12.3 Å². The van der Waals surface area contributed by atoms with Crippen molar-refractivity contribution in [2.75, 3.05) is 39.3 Å². The second-order valence-electron chi connectivity index (χ2n) is 15.1. The first-order valence-electron chi connectivity index (χ1n) is 17.5. The molecule has 13 atom stereocenters. The molecule has 45 heavy (non-hydrogen) atoms. The van der Waals surface area contributed by atoms with Crippen molar-refractivity contribution in [1.29, 1.82) is 0 Å². The standard InChI is InChI=1S/C32H53F2N9O2/c1-5-25(44)40-11-12-41(18(4)15-40)30-21-13-23(34)28-26-19(7-6-8-22(26)33)16-42-24(14-36-39-42)20-9-10-35-27(17(2)3)29(20)43(31(21)37-28)32(45)38-30/h5,17-24,26-31,35-37,39H,1,6-16H2,2-4H3,(H,38,45)/t18-,19?,20?,21?,22?,23?,24?,26?,27?,28?,29?,30?,31?/m0/s1. The third-order valence-electron chi connectivity index (χ3n) is 12.4. The van der Waals surface area contributed by atoms with E-state index in [4.69, 9.17) is 0 Å². The molecular weight excluding hydrogens is 580 g/mol. The Morgan fingerprint density at radius 1 is 1.07 bits per heavy atom. The second-order valence-corrected chi connectivity index (χ2v) is 15.1. The zero-order chi connectivity index (χ0) is 31.6. The van der Waals surface area contributed by atoms with Crippen LogP contribution in [0.15, 0.2) is 12.7 Å². The molecule has 1 aliphatic carbocycles. The van der Waals surface area contributed by atoms with Crippen LogP contribution in [0.1, 0.15) is 52.9 Å². The maximum absolute atomic E-state index is 16.7. The van der Waals surface area contributed by atoms with Crippen molar-refractivity contribution in [3.05, 3.63) is 12.7 Å². The van der Waals surface area contributed by atoms with E-state index < -0.39 is 36.6 Å². The molecule has 1 saturated carbocycles. The summed E-state index contributed by atoms with van der Waals surface area (Å²) in [7, 11) is 0. The van der Waals surface area contributed by atoms with Gasteiger partial charge in [0.25, 0.3) is 0 Å². The van der Waals surface area contributed by atoms with Crippen molar-refractivity contribution < 1.29 is 18.4 Å². The van der Waals surface area contributed by atoms with Gasteiger partial charge in [0, 0.05) is 74.6 Å². The Labute approximate surface area is 266 Å². The fraction of sp³-hybridized carbons (Fsp3) is 0.875. The third-order valence-corrected chi connectivity index (χ3v) is 12.4. The van der Waals surface area contributed by atoms with Crippen LogP contribution in [0.25, 0.3) is 0 Å². The molecule has 6 saturated heterocycles. The summed E-state index contributed by atoms with van der Waals surface area (Å²) < 4.78 is 32.7. The molecule has 5 N–H and O–H groups in total. The third kappa shape index (κ3) is 5.48. The van der Waals surface area contributed by atoms with E-state index in [0.717, 1.165) is 32.4 Å². The molecule has 11 nitrogen and oxygen atoms in total. The normalized spacial score (nSPS) is 46.0. The highest BCUT2D eigenvalue weighted by Crippen LogP contribution is 2.45. The molecule has 7 fully saturated rings. The van der Waals surface area contributed by atoms with Gasteiger partial charge in [0.05, 0.1) is 18.4 Å². The molecule has 0 radical (unpaired) electrons. The number of amides is 3. The van der Waals surface area contributed by atoms with Crippen LogP contribution in [0.5, 0.6) is 0 Å². The first-order valence-corrected chi connectivity index (χ1v) is 17.5. The van der Waals surface area contributed by atoms with Gasteiger partial charge in [-0.1, -0.05) is 26.8 Å². The Morgan fingerprint density at radius 2 is 1.89 bits per heavy atom. The van der Waals surface area contributed by atoms with E-state index in [-0.39, 0.29) is 66.2 Å². The van der Waals surface area contributed by atoms with Crippen LogP contribution < -0.4 is 26.9 Å². The van der Waals surface area contributed by atoms with Crippen LogP contribution >= 0.6 is 0 Å². The summed E-state index contributed by atoms with van der Waals surface area (Å²) in [4.78, 5) is 33.1. The highest BCUT2D eigenvalue weighted by Gasteiger charge is 2.59. The summed E-state index contributed by atoms with van der Waals surface area (Å²) in [6.45, 7) is 14.0. The predicted molar refractivity (Wildman–Crippen MR) is 167 cm³/mol. The average Bonchev–Trinajstić information content (AvgIpc) is 3.47. The monoisotopic (exact) mass is 633 g/mol. The molecule has 7 aliphatic rings. The minimum Gasteiger partial charge on any atom is -0.336 e. The number of nitrogens with one attached hydrogen (secondary N) is 5. The number of fused-ring (bicyclic) bond motifs is 7. The Balaban J connectivity index is 1.30. The van der Waals surface area contributed by atoms with E-state index in [2.05, 4.69) is 64.2 Å². The average molecular weight is 634 g/mol. The topological polar surface area (TPSA) is 107 Å². The number of hydrogen-bond acceptors (Lipinski definition) is 8. The largest absolute Gasteiger partial charge is 0.336 e. The van der Waals surface area contributed by atoms with Crippen LogP contribution in [0, 0.1) is 29.6 Å². The van der Waals surface area contributed by atoms with Gasteiger partial charge in [0.15, 0.2) is 0 Å². The maximum Gasteiger partial charge on any atom is 0.320 e. The number of nitrogens with zero attached hydrogens (tertiary/aromatic N) is 4. The lowest BCUT2D eigenvalue weighted by Gasteiger charge is -2.60. The first-order chi connectivity index (χ1) is 21.7. The van der Waals surface area contributed by atoms with Crippen LogP contribution in [-0.2, 0) is 4.79 Å². The van der Waals surface area contributed by atoms with Gasteiger partial charge in [0.2, 0.25) is 5.91 Å². The number of carbonyl (C=O) groups is 2. The fourth-order valence-electron chi connectivity index (χ4n) is 10.4. The number of hydrogen-bond donors (Lipinski definition) is 5. The van der Waals surface area contributed by atoms with Gasteiger partial charge >= 0.3 is 6.03 Å². The molecular formula is C32H53F2N9O2. The zero-order valence-corrected chi connectivity index (χ0v) is 27.0. The smallest absolute Gasteiger partial charge is 0.320 e. The van der Waals surface area contributed by atoms with Gasteiger partial charge in [-0.2, -0.15) is 5.53 Å². The summed E-state index contributed by atoms with van der Waals surface area (Å²) >= 11 is 0. The van der Waals surface area contributed by atoms with Crippen LogP contribution in [-0.4, -0.2) is 126 Å². The molecule has 0 aromatic heterocycles. The minimum absolute atomic E-state index is 0.00673. The van der Waals surface area contributed by atoms with Gasteiger partial charge in [-0.3, -0.25) is 15.0 Å². The van der Waals surface area contributed by atoms with Gasteiger partial charge in [-0.05, 0) is 57.1 Å². The summed E-state index contributed by atoms with van der Waals surface area (Å²) in [6.07, 6.45) is 1.49. The maximum atomic E-state index is 16.7. The van der Waals surface area contributed by atoms with Crippen molar-refractivity contribution in [1.82, 2.24) is 46.6 Å². The van der Waals surface area contributed by atoms with Crippen molar-refractivity contribution in [3.63, 3.8) is 0 Å². The van der Waals surface area contributed by atoms with Crippen molar-refractivity contribution >= 4 is 11.9 Å². The van der Waals surface area contributed by atoms with E-state index >= 15 is 8.78 Å². The van der Waals surface area contributed by atoms with Gasteiger partial charge in [-0.15, -0.1) is 0 Å². The number of rotatable bonds is 3. The lowest BCUT2D eigenvalue weighted by molar-refractivity contribution is -0.132. The molecule has 0 spiro atoms. The summed E-state index contributed by atoms with van der Waals surface area (Å²) in [5.41, 5.74) is 6.76. The number of piperidine rings is 2. The highest BCUT2D eigenvalue weighted by atomic mass is 19.1. The number of hydrazine groups is 2. The molecule has 6 heterocycles. The zero-order valence-electron chi connectivity index (χ0n) is 27.0. The SMILES string of the molecule is C=CC(=O)N1CCN(C2NC(=O)N3C4NC(C(F)CC42)C2C(F)CCCC2CN2NNCC2C2CCNC(C(C)C)C23)[C@@H](C)C1. The van der Waals surface area contributed by atoms with E-state index in [1.54, 1.807) is 4.90 Å². The molecule has 0 aromatic carbocycles. The Kier molecular flexibility index (Phi) is 8.88. The van der Waals surface area contributed by atoms with E-state index in [0.29, 0.717) is 32.6 Å². The van der Waals surface area contributed by atoms with Crippen molar-refractivity contribution in [2.45, 2.75) is 108 Å². The summed E-state index contributed by atoms with van der Waals surface area (Å²) in [5, 5.41) is 13.1. The minimum atomic E-state index is -1.24. The molecule has 252 valence electrons. The number of piperazine rings is 1. The van der Waals surface area contributed by atoms with Crippen LogP contribution in [0.2, 0.25) is 0 Å². The lowest BCUT2D eigenvalue weighted by atomic mass is 9.69. The van der Waals surface area contributed by atoms with E-state index in [1.165, 1.54) is 6.08 Å².